The van der Waals surface area contributed by atoms with Gasteiger partial charge in [0.1, 0.15) is 0 Å². The van der Waals surface area contributed by atoms with E-state index in [0.717, 1.165) is 28.8 Å². The molecule has 0 radical (unpaired) electrons. The van der Waals surface area contributed by atoms with Crippen molar-refractivity contribution in [3.05, 3.63) is 99.6 Å². The highest BCUT2D eigenvalue weighted by Gasteiger charge is 2.38. The lowest BCUT2D eigenvalue weighted by Crippen LogP contribution is -2.29. The first kappa shape index (κ1) is 21.4. The second-order valence-corrected chi connectivity index (χ2v) is 10.9. The molecule has 1 aliphatic carbocycles. The van der Waals surface area contributed by atoms with Crippen LogP contribution in [-0.2, 0) is 10.0 Å². The number of sulfonamides is 1. The molecule has 1 heterocycles. The molecule has 0 spiro atoms. The van der Waals surface area contributed by atoms with E-state index in [4.69, 9.17) is 23.2 Å². The molecule has 0 unspecified atom stereocenters. The standard InChI is InChI=1S/C25H22Cl2N2O2S/c1-15-12-18(27)8-10-23(15)29-32(30,31)19-9-11-24-22(14-19)20-6-3-7-21(20)25(28-24)16-4-2-5-17(26)13-16/h2-6,8-14,20-21,25,28-29H,7H2,1H3/t20-,21+,25-/m0/s1. The minimum absolute atomic E-state index is 0.110. The molecule has 1 aliphatic heterocycles. The fourth-order valence-electron chi connectivity index (χ4n) is 4.71. The summed E-state index contributed by atoms with van der Waals surface area (Å²) in [5.74, 6) is 0.438. The Morgan fingerprint density at radius 3 is 2.59 bits per heavy atom. The Morgan fingerprint density at radius 2 is 1.81 bits per heavy atom. The molecule has 2 N–H and O–H groups in total. The van der Waals surface area contributed by atoms with Gasteiger partial charge in [0.2, 0.25) is 0 Å². The number of aryl methyl sites for hydroxylation is 1. The minimum Gasteiger partial charge on any atom is -0.378 e. The molecule has 3 atom stereocenters. The van der Waals surface area contributed by atoms with Crippen LogP contribution in [0.15, 0.2) is 77.7 Å². The molecule has 0 aromatic heterocycles. The SMILES string of the molecule is Cc1cc(Cl)ccc1NS(=O)(=O)c1ccc2c(c1)[C@H]1C=CC[C@H]1[C@H](c1cccc(Cl)c1)N2. The van der Waals surface area contributed by atoms with Crippen LogP contribution in [0.3, 0.4) is 0 Å². The maximum absolute atomic E-state index is 13.1. The highest BCUT2D eigenvalue weighted by Crippen LogP contribution is 2.50. The number of rotatable bonds is 4. The van der Waals surface area contributed by atoms with Crippen LogP contribution in [0.1, 0.15) is 35.1 Å². The average molecular weight is 485 g/mol. The van der Waals surface area contributed by atoms with E-state index in [1.54, 1.807) is 30.3 Å². The summed E-state index contributed by atoms with van der Waals surface area (Å²) in [6.45, 7) is 1.82. The van der Waals surface area contributed by atoms with Gasteiger partial charge in [-0.3, -0.25) is 4.72 Å². The molecule has 3 aromatic rings. The molecule has 164 valence electrons. The third-order valence-electron chi connectivity index (χ3n) is 6.29. The Morgan fingerprint density at radius 1 is 1.00 bits per heavy atom. The van der Waals surface area contributed by atoms with Crippen LogP contribution >= 0.6 is 23.2 Å². The number of allylic oxidation sites excluding steroid dienone is 2. The summed E-state index contributed by atoms with van der Waals surface area (Å²) < 4.78 is 29.0. The van der Waals surface area contributed by atoms with E-state index in [1.165, 1.54) is 0 Å². The van der Waals surface area contributed by atoms with Gasteiger partial charge in [-0.15, -0.1) is 0 Å². The molecular weight excluding hydrogens is 463 g/mol. The zero-order valence-corrected chi connectivity index (χ0v) is 19.7. The van der Waals surface area contributed by atoms with Gasteiger partial charge in [0.25, 0.3) is 10.0 Å². The zero-order valence-electron chi connectivity index (χ0n) is 17.3. The molecular formula is C25H22Cl2N2O2S. The molecule has 3 aromatic carbocycles. The minimum atomic E-state index is -3.74. The summed E-state index contributed by atoms with van der Waals surface area (Å²) in [6.07, 6.45) is 5.29. The number of fused-ring (bicyclic) bond motifs is 3. The lowest BCUT2D eigenvalue weighted by Gasteiger charge is -2.37. The van der Waals surface area contributed by atoms with Gasteiger partial charge in [-0.1, -0.05) is 47.5 Å². The number of nitrogens with one attached hydrogen (secondary N) is 2. The van der Waals surface area contributed by atoms with Crippen molar-refractivity contribution in [2.75, 3.05) is 10.0 Å². The third-order valence-corrected chi connectivity index (χ3v) is 8.12. The van der Waals surface area contributed by atoms with E-state index >= 15 is 0 Å². The van der Waals surface area contributed by atoms with Crippen molar-refractivity contribution in [1.82, 2.24) is 0 Å². The van der Waals surface area contributed by atoms with Crippen molar-refractivity contribution < 1.29 is 8.42 Å². The predicted octanol–water partition coefficient (Wildman–Crippen LogP) is 6.93. The van der Waals surface area contributed by atoms with Crippen LogP contribution in [0.4, 0.5) is 11.4 Å². The number of hydrogen-bond acceptors (Lipinski definition) is 3. The van der Waals surface area contributed by atoms with E-state index in [0.29, 0.717) is 21.7 Å². The Hall–Kier alpha value is -2.47. The topological polar surface area (TPSA) is 58.2 Å². The van der Waals surface area contributed by atoms with Crippen molar-refractivity contribution >= 4 is 44.6 Å². The smallest absolute Gasteiger partial charge is 0.261 e. The van der Waals surface area contributed by atoms with Gasteiger partial charge >= 0.3 is 0 Å². The molecule has 0 saturated carbocycles. The van der Waals surface area contributed by atoms with Crippen molar-refractivity contribution in [2.24, 2.45) is 5.92 Å². The molecule has 2 aliphatic rings. The average Bonchev–Trinajstić information content (AvgIpc) is 3.25. The Kier molecular flexibility index (Phi) is 5.44. The zero-order chi connectivity index (χ0) is 22.5. The lowest BCUT2D eigenvalue weighted by atomic mass is 9.77. The summed E-state index contributed by atoms with van der Waals surface area (Å²) in [6, 6.07) is 18.4. The second-order valence-electron chi connectivity index (χ2n) is 8.34. The van der Waals surface area contributed by atoms with Crippen molar-refractivity contribution in [2.45, 2.75) is 30.2 Å². The van der Waals surface area contributed by atoms with Gasteiger partial charge < -0.3 is 5.32 Å². The normalized spacial score (nSPS) is 21.5. The maximum Gasteiger partial charge on any atom is 0.261 e. The Balaban J connectivity index is 1.49. The lowest BCUT2D eigenvalue weighted by molar-refractivity contribution is 0.425. The van der Waals surface area contributed by atoms with Crippen LogP contribution in [0.5, 0.6) is 0 Å². The summed E-state index contributed by atoms with van der Waals surface area (Å²) in [5, 5.41) is 4.91. The van der Waals surface area contributed by atoms with Gasteiger partial charge in [-0.25, -0.2) is 8.42 Å². The van der Waals surface area contributed by atoms with Crippen molar-refractivity contribution in [1.29, 1.82) is 0 Å². The van der Waals surface area contributed by atoms with E-state index in [1.807, 2.05) is 31.2 Å². The predicted molar refractivity (Wildman–Crippen MR) is 131 cm³/mol. The summed E-state index contributed by atoms with van der Waals surface area (Å²) >= 11 is 12.2. The summed E-state index contributed by atoms with van der Waals surface area (Å²) in [5.41, 5.74) is 4.37. The number of halogens is 2. The largest absolute Gasteiger partial charge is 0.378 e. The highest BCUT2D eigenvalue weighted by atomic mass is 35.5. The maximum atomic E-state index is 13.1. The Bertz CT molecular complexity index is 1340. The first-order chi connectivity index (χ1) is 15.3. The molecule has 0 fully saturated rings. The van der Waals surface area contributed by atoms with Crippen LogP contribution < -0.4 is 10.0 Å². The highest BCUT2D eigenvalue weighted by molar-refractivity contribution is 7.92. The quantitative estimate of drug-likeness (QED) is 0.394. The molecule has 0 bridgehead atoms. The number of anilines is 2. The fourth-order valence-corrected chi connectivity index (χ4v) is 6.31. The van der Waals surface area contributed by atoms with Crippen molar-refractivity contribution in [3.8, 4) is 0 Å². The first-order valence-electron chi connectivity index (χ1n) is 10.4. The van der Waals surface area contributed by atoms with Gasteiger partial charge in [-0.2, -0.15) is 0 Å². The summed E-state index contributed by atoms with van der Waals surface area (Å²) in [4.78, 5) is 0.243. The number of benzene rings is 3. The summed E-state index contributed by atoms with van der Waals surface area (Å²) in [7, 11) is -3.74. The first-order valence-corrected chi connectivity index (χ1v) is 12.7. The second kappa shape index (κ2) is 8.14. The fraction of sp³-hybridized carbons (Fsp3) is 0.200. The van der Waals surface area contributed by atoms with Crippen LogP contribution in [0, 0.1) is 12.8 Å². The molecule has 32 heavy (non-hydrogen) atoms. The van der Waals surface area contributed by atoms with E-state index < -0.39 is 10.0 Å². The monoisotopic (exact) mass is 484 g/mol. The Labute approximate surface area is 198 Å². The van der Waals surface area contributed by atoms with Crippen LogP contribution in [0.25, 0.3) is 0 Å². The van der Waals surface area contributed by atoms with Crippen LogP contribution in [0.2, 0.25) is 10.0 Å². The molecule has 0 saturated heterocycles. The van der Waals surface area contributed by atoms with Gasteiger partial charge in [0, 0.05) is 21.7 Å². The van der Waals surface area contributed by atoms with Gasteiger partial charge in [0.05, 0.1) is 16.6 Å². The molecule has 0 amide bonds. The van der Waals surface area contributed by atoms with E-state index in [-0.39, 0.29) is 16.9 Å². The van der Waals surface area contributed by atoms with Crippen molar-refractivity contribution in [3.63, 3.8) is 0 Å². The van der Waals surface area contributed by atoms with E-state index in [9.17, 15) is 8.42 Å². The van der Waals surface area contributed by atoms with Crippen LogP contribution in [-0.4, -0.2) is 8.42 Å². The van der Waals surface area contributed by atoms with Gasteiger partial charge in [-0.05, 0) is 84.5 Å². The third kappa shape index (κ3) is 3.90. The molecule has 4 nitrogen and oxygen atoms in total. The molecule has 5 rings (SSSR count). The number of hydrogen-bond donors (Lipinski definition) is 2. The molecule has 7 heteroatoms. The van der Waals surface area contributed by atoms with E-state index in [2.05, 4.69) is 28.3 Å². The van der Waals surface area contributed by atoms with Gasteiger partial charge in [0.15, 0.2) is 0 Å².